The Bertz CT molecular complexity index is 1320. The molecule has 0 saturated heterocycles. The predicted molar refractivity (Wildman–Crippen MR) is 160 cm³/mol. The van der Waals surface area contributed by atoms with Crippen LogP contribution in [0.25, 0.3) is 0 Å². The molecule has 3 N–H and O–H groups in total. The van der Waals surface area contributed by atoms with Gasteiger partial charge in [-0.3, -0.25) is 0 Å². The number of halogens is 2. The van der Waals surface area contributed by atoms with Crippen molar-refractivity contribution in [3.8, 4) is 11.5 Å². The van der Waals surface area contributed by atoms with Crippen LogP contribution in [0.4, 0.5) is 4.79 Å². The van der Waals surface area contributed by atoms with Crippen LogP contribution < -0.4 is 14.6 Å². The molecule has 41 heavy (non-hydrogen) atoms. The number of ether oxygens (including phenoxy) is 2. The number of carbonyl (C=O) groups excluding carboxylic acids is 1. The number of hydrogen-bond acceptors (Lipinski definition) is 6. The number of rotatable bonds is 7. The number of benzene rings is 2. The van der Waals surface area contributed by atoms with Gasteiger partial charge in [-0.1, -0.05) is 25.1 Å². The smallest absolute Gasteiger partial charge is 0.415 e. The van der Waals surface area contributed by atoms with Gasteiger partial charge in [-0.15, -0.1) is 23.2 Å². The second-order valence-electron chi connectivity index (χ2n) is 11.3. The van der Waals surface area contributed by atoms with E-state index in [2.05, 4.69) is 13.0 Å². The lowest BCUT2D eigenvalue weighted by molar-refractivity contribution is -0.0226. The topological polar surface area (TPSA) is 119 Å². The first kappa shape index (κ1) is 31.9. The Kier molecular flexibility index (Phi) is 10.5. The molecule has 5 atom stereocenters. The second kappa shape index (κ2) is 13.5. The molecule has 8 nitrogen and oxygen atoms in total. The third kappa shape index (κ3) is 6.96. The van der Waals surface area contributed by atoms with Gasteiger partial charge in [0.25, 0.3) is 0 Å². The lowest BCUT2D eigenvalue weighted by Crippen LogP contribution is -2.43. The molecule has 2 aromatic carbocycles. The molecular formula is C30H40Cl2N2O6S. The minimum absolute atomic E-state index is 0.00694. The highest BCUT2D eigenvalue weighted by Gasteiger charge is 2.54. The van der Waals surface area contributed by atoms with Gasteiger partial charge in [-0.25, -0.2) is 18.4 Å². The van der Waals surface area contributed by atoms with E-state index in [1.807, 2.05) is 12.1 Å². The molecule has 0 spiro atoms. The maximum absolute atomic E-state index is 12.4. The lowest BCUT2D eigenvalue weighted by atomic mass is 9.55. The van der Waals surface area contributed by atoms with E-state index < -0.39 is 16.1 Å². The molecule has 2 aromatic rings. The van der Waals surface area contributed by atoms with E-state index in [9.17, 15) is 18.3 Å². The summed E-state index contributed by atoms with van der Waals surface area (Å²) in [4.78, 5) is 14.0. The molecule has 0 heterocycles. The number of carbonyl (C=O) groups is 1. The van der Waals surface area contributed by atoms with Crippen LogP contribution in [0.1, 0.15) is 56.1 Å². The van der Waals surface area contributed by atoms with Crippen molar-refractivity contribution in [3.05, 3.63) is 53.6 Å². The van der Waals surface area contributed by atoms with Crippen LogP contribution in [0, 0.1) is 17.3 Å². The van der Waals surface area contributed by atoms with Crippen molar-refractivity contribution in [2.24, 2.45) is 22.4 Å². The van der Waals surface area contributed by atoms with Crippen molar-refractivity contribution >= 4 is 39.3 Å². The monoisotopic (exact) mass is 626 g/mol. The molecule has 1 amide bonds. The van der Waals surface area contributed by atoms with Crippen LogP contribution in [0.2, 0.25) is 0 Å². The van der Waals surface area contributed by atoms with Crippen LogP contribution in [0.5, 0.6) is 11.5 Å². The number of hydrogen-bond donors (Lipinski definition) is 2. The normalized spacial score (nSPS) is 26.5. The fraction of sp³-hybridized carbons (Fsp3) is 0.567. The van der Waals surface area contributed by atoms with Gasteiger partial charge in [0.15, 0.2) is 0 Å². The quantitative estimate of drug-likeness (QED) is 0.390. The number of sulfonamides is 1. The zero-order valence-corrected chi connectivity index (χ0v) is 25.9. The van der Waals surface area contributed by atoms with Gasteiger partial charge in [-0.2, -0.15) is 0 Å². The summed E-state index contributed by atoms with van der Waals surface area (Å²) in [7, 11) is -2.28. The molecule has 3 aliphatic rings. The molecule has 2 saturated carbocycles. The van der Waals surface area contributed by atoms with E-state index in [0.717, 1.165) is 38.5 Å². The maximum atomic E-state index is 12.4. The number of amides is 1. The summed E-state index contributed by atoms with van der Waals surface area (Å²) >= 11 is 11.6. The summed E-state index contributed by atoms with van der Waals surface area (Å²) in [6, 6.07) is 12.3. The summed E-state index contributed by atoms with van der Waals surface area (Å²) < 4.78 is 32.3. The van der Waals surface area contributed by atoms with Crippen molar-refractivity contribution < 1.29 is 27.8 Å². The van der Waals surface area contributed by atoms with Crippen LogP contribution in [0.15, 0.2) is 47.4 Å². The second-order valence-corrected chi connectivity index (χ2v) is 13.6. The number of aliphatic hydroxyl groups excluding tert-OH is 1. The summed E-state index contributed by atoms with van der Waals surface area (Å²) in [5.41, 5.74) is 2.82. The van der Waals surface area contributed by atoms with Gasteiger partial charge in [0.2, 0.25) is 10.0 Å². The summed E-state index contributed by atoms with van der Waals surface area (Å²) in [6.45, 7) is 3.15. The molecular weight excluding hydrogens is 587 g/mol. The van der Waals surface area contributed by atoms with Crippen LogP contribution in [-0.4, -0.2) is 62.6 Å². The van der Waals surface area contributed by atoms with E-state index in [-0.39, 0.29) is 22.2 Å². The Morgan fingerprint density at radius 1 is 1.10 bits per heavy atom. The Balaban J connectivity index is 0.000000271. The Morgan fingerprint density at radius 3 is 2.44 bits per heavy atom. The van der Waals surface area contributed by atoms with Gasteiger partial charge in [0.05, 0.1) is 13.2 Å². The number of primary sulfonamides is 1. The molecule has 2 fully saturated rings. The summed E-state index contributed by atoms with van der Waals surface area (Å²) in [5.74, 6) is 3.42. The summed E-state index contributed by atoms with van der Waals surface area (Å²) in [6.07, 6.45) is 5.98. The highest BCUT2D eigenvalue weighted by Crippen LogP contribution is 2.60. The Morgan fingerprint density at radius 2 is 1.80 bits per heavy atom. The number of fused-ring (bicyclic) bond motifs is 5. The van der Waals surface area contributed by atoms with Gasteiger partial charge in [0.1, 0.15) is 16.4 Å². The third-order valence-electron chi connectivity index (χ3n) is 9.20. The average Bonchev–Trinajstić information content (AvgIpc) is 3.26. The molecule has 0 aliphatic heterocycles. The number of nitrogens with zero attached hydrogens (tertiary/aromatic N) is 1. The number of para-hydroxylation sites is 1. The van der Waals surface area contributed by atoms with Gasteiger partial charge >= 0.3 is 6.09 Å². The first-order valence-electron chi connectivity index (χ1n) is 14.1. The van der Waals surface area contributed by atoms with Crippen LogP contribution in [0.3, 0.4) is 0 Å². The first-order valence-corrected chi connectivity index (χ1v) is 16.7. The zero-order chi connectivity index (χ0) is 29.8. The Labute approximate surface area is 253 Å². The number of methoxy groups -OCH3 is 1. The fourth-order valence-electron chi connectivity index (χ4n) is 7.11. The predicted octanol–water partition coefficient (Wildman–Crippen LogP) is 5.52. The molecule has 3 aliphatic carbocycles. The van der Waals surface area contributed by atoms with Crippen molar-refractivity contribution in [1.82, 2.24) is 4.90 Å². The molecule has 0 aromatic heterocycles. The van der Waals surface area contributed by atoms with E-state index >= 15 is 0 Å². The minimum atomic E-state index is -3.67. The minimum Gasteiger partial charge on any atom is -0.495 e. The number of alkyl halides is 2. The van der Waals surface area contributed by atoms with E-state index in [1.54, 1.807) is 23.1 Å². The van der Waals surface area contributed by atoms with Crippen molar-refractivity contribution in [2.45, 2.75) is 62.4 Å². The van der Waals surface area contributed by atoms with Crippen LogP contribution >= 0.6 is 23.2 Å². The Hall–Kier alpha value is -2.04. The SMILES string of the molecule is COc1ccccc1S(N)(=O)=O.C[C@]12CC[C@@H]3c4ccc(OC(=O)N(CCCl)CCCl)cc4CC[C@H]3[C@@H]1CC[C@@H]2O. The largest absolute Gasteiger partial charge is 0.495 e. The number of nitrogens with two attached hydrogens (primary N) is 1. The summed E-state index contributed by atoms with van der Waals surface area (Å²) in [5, 5.41) is 15.5. The maximum Gasteiger partial charge on any atom is 0.415 e. The lowest BCUT2D eigenvalue weighted by Gasteiger charge is -2.50. The number of aliphatic hydroxyl groups is 1. The van der Waals surface area contributed by atoms with Crippen molar-refractivity contribution in [1.29, 1.82) is 0 Å². The fourth-order valence-corrected chi connectivity index (χ4v) is 8.22. The first-order chi connectivity index (χ1) is 19.5. The van der Waals surface area contributed by atoms with Gasteiger partial charge in [-0.05, 0) is 97.1 Å². The highest BCUT2D eigenvalue weighted by molar-refractivity contribution is 7.89. The van der Waals surface area contributed by atoms with E-state index in [0.29, 0.717) is 48.4 Å². The molecule has 11 heteroatoms. The zero-order valence-electron chi connectivity index (χ0n) is 23.6. The molecule has 0 radical (unpaired) electrons. The van der Waals surface area contributed by atoms with Gasteiger partial charge in [0, 0.05) is 24.8 Å². The van der Waals surface area contributed by atoms with Crippen molar-refractivity contribution in [2.75, 3.05) is 32.0 Å². The molecule has 226 valence electrons. The number of aryl methyl sites for hydroxylation is 1. The standard InChI is InChI=1S/C23H31Cl2NO3.C7H9NO3S/c1-23-9-8-18-17-5-3-16(29-22(28)26(12-10-24)13-11-25)14-15(17)2-4-19(18)20(23)6-7-21(23)27;1-11-6-4-2-3-5-7(6)12(8,9)10/h3,5,14,18-21,27H,2,4,6-13H2,1H3;2-5H,1H3,(H2,8,9,10)/t18-,19-,20+,21+,23+;/m1./s1. The van der Waals surface area contributed by atoms with Gasteiger partial charge < -0.3 is 19.5 Å². The molecule has 5 rings (SSSR count). The molecule has 0 unspecified atom stereocenters. The average molecular weight is 628 g/mol. The van der Waals surface area contributed by atoms with E-state index in [1.165, 1.54) is 24.3 Å². The van der Waals surface area contributed by atoms with E-state index in [4.69, 9.17) is 37.8 Å². The third-order valence-corrected chi connectivity index (χ3v) is 10.5. The molecule has 0 bridgehead atoms. The highest BCUT2D eigenvalue weighted by atomic mass is 35.5. The van der Waals surface area contributed by atoms with Crippen molar-refractivity contribution in [3.63, 3.8) is 0 Å². The van der Waals surface area contributed by atoms with Crippen LogP contribution in [-0.2, 0) is 16.4 Å².